The summed E-state index contributed by atoms with van der Waals surface area (Å²) < 4.78 is 5.52. The highest BCUT2D eigenvalue weighted by Crippen LogP contribution is 2.60. The van der Waals surface area contributed by atoms with Crippen LogP contribution in [0.1, 0.15) is 44.1 Å². The van der Waals surface area contributed by atoms with Crippen molar-refractivity contribution in [3.63, 3.8) is 0 Å². The number of hydrogen-bond donors (Lipinski definition) is 1. The Bertz CT molecular complexity index is 841. The van der Waals surface area contributed by atoms with Crippen LogP contribution in [0.2, 0.25) is 5.02 Å². The molecule has 146 valence electrons. The Balaban J connectivity index is 1.22. The molecule has 0 aromatic heterocycles. The minimum Gasteiger partial charge on any atom is -0.482 e. The molecule has 2 aromatic rings. The summed E-state index contributed by atoms with van der Waals surface area (Å²) >= 11 is 6.06. The van der Waals surface area contributed by atoms with E-state index in [4.69, 9.17) is 16.3 Å². The Morgan fingerprint density at radius 1 is 0.964 bits per heavy atom. The van der Waals surface area contributed by atoms with Gasteiger partial charge >= 0.3 is 0 Å². The molecule has 4 saturated carbocycles. The van der Waals surface area contributed by atoms with Crippen LogP contribution >= 0.6 is 11.6 Å². The van der Waals surface area contributed by atoms with Crippen molar-refractivity contribution in [1.29, 1.82) is 0 Å². The smallest absolute Gasteiger partial charge is 0.262 e. The Morgan fingerprint density at radius 2 is 1.57 bits per heavy atom. The summed E-state index contributed by atoms with van der Waals surface area (Å²) in [7, 11) is 0. The molecule has 4 aliphatic carbocycles. The highest BCUT2D eigenvalue weighted by molar-refractivity contribution is 6.32. The molecule has 4 bridgehead atoms. The predicted octanol–water partition coefficient (Wildman–Crippen LogP) is 5.83. The van der Waals surface area contributed by atoms with Gasteiger partial charge in [-0.3, -0.25) is 4.79 Å². The van der Waals surface area contributed by atoms with Gasteiger partial charge in [0.15, 0.2) is 6.61 Å². The van der Waals surface area contributed by atoms with Gasteiger partial charge in [-0.2, -0.15) is 0 Å². The summed E-state index contributed by atoms with van der Waals surface area (Å²) in [6.45, 7) is -0.0551. The minimum absolute atomic E-state index is 0.0551. The lowest BCUT2D eigenvalue weighted by Gasteiger charge is -2.57. The van der Waals surface area contributed by atoms with E-state index in [1.807, 2.05) is 24.3 Å². The first-order valence-electron chi connectivity index (χ1n) is 10.4. The van der Waals surface area contributed by atoms with Gasteiger partial charge in [-0.15, -0.1) is 0 Å². The van der Waals surface area contributed by atoms with Crippen molar-refractivity contribution in [2.75, 3.05) is 11.9 Å². The second kappa shape index (κ2) is 7.11. The van der Waals surface area contributed by atoms with Gasteiger partial charge in [0.1, 0.15) is 5.75 Å². The number of amides is 1. The Hall–Kier alpha value is -2.00. The maximum absolute atomic E-state index is 12.2. The Labute approximate surface area is 171 Å². The normalized spacial score (nSPS) is 30.2. The van der Waals surface area contributed by atoms with Crippen LogP contribution in [0.4, 0.5) is 5.69 Å². The maximum Gasteiger partial charge on any atom is 0.262 e. The van der Waals surface area contributed by atoms with E-state index in [-0.39, 0.29) is 12.5 Å². The number of rotatable bonds is 5. The second-order valence-corrected chi connectivity index (χ2v) is 9.45. The fourth-order valence-corrected chi connectivity index (χ4v) is 6.46. The van der Waals surface area contributed by atoms with Crippen LogP contribution in [0, 0.1) is 17.8 Å². The number of benzene rings is 2. The molecule has 4 aliphatic rings. The third-order valence-corrected chi connectivity index (χ3v) is 7.33. The quantitative estimate of drug-likeness (QED) is 0.692. The SMILES string of the molecule is O=C(COc1ccccc1Cl)Nc1ccc(C23CC4CC(CC(C4)C2)C3)cc1. The van der Waals surface area contributed by atoms with Crippen LogP contribution in [-0.4, -0.2) is 12.5 Å². The van der Waals surface area contributed by atoms with Crippen molar-refractivity contribution in [2.24, 2.45) is 17.8 Å². The van der Waals surface area contributed by atoms with Crippen LogP contribution in [0.15, 0.2) is 48.5 Å². The fourth-order valence-electron chi connectivity index (χ4n) is 6.27. The van der Waals surface area contributed by atoms with E-state index >= 15 is 0 Å². The maximum atomic E-state index is 12.2. The molecule has 28 heavy (non-hydrogen) atoms. The lowest BCUT2D eigenvalue weighted by molar-refractivity contribution is -0.118. The first-order chi connectivity index (χ1) is 13.6. The molecule has 4 fully saturated rings. The molecule has 3 nitrogen and oxygen atoms in total. The zero-order valence-corrected chi connectivity index (χ0v) is 16.8. The van der Waals surface area contributed by atoms with Gasteiger partial charge in [-0.25, -0.2) is 0 Å². The van der Waals surface area contributed by atoms with E-state index in [1.165, 1.54) is 44.1 Å². The lowest BCUT2D eigenvalue weighted by Crippen LogP contribution is -2.48. The predicted molar refractivity (Wildman–Crippen MR) is 112 cm³/mol. The average Bonchev–Trinajstić information content (AvgIpc) is 2.67. The number of hydrogen-bond acceptors (Lipinski definition) is 2. The zero-order chi connectivity index (χ0) is 19.1. The summed E-state index contributed by atoms with van der Waals surface area (Å²) in [4.78, 5) is 12.2. The summed E-state index contributed by atoms with van der Waals surface area (Å²) in [5.74, 6) is 3.16. The van der Waals surface area contributed by atoms with E-state index in [2.05, 4.69) is 17.4 Å². The lowest BCUT2D eigenvalue weighted by atomic mass is 9.48. The average molecular weight is 396 g/mol. The van der Waals surface area contributed by atoms with E-state index in [0.29, 0.717) is 16.2 Å². The molecule has 4 heteroatoms. The van der Waals surface area contributed by atoms with Crippen LogP contribution in [0.25, 0.3) is 0 Å². The van der Waals surface area contributed by atoms with Crippen molar-refractivity contribution >= 4 is 23.2 Å². The van der Waals surface area contributed by atoms with E-state index in [1.54, 1.807) is 12.1 Å². The van der Waals surface area contributed by atoms with Gasteiger partial charge in [0.25, 0.3) is 5.91 Å². The highest BCUT2D eigenvalue weighted by atomic mass is 35.5. The number of anilines is 1. The number of carbonyl (C=O) groups excluding carboxylic acids is 1. The van der Waals surface area contributed by atoms with E-state index in [9.17, 15) is 4.79 Å². The zero-order valence-electron chi connectivity index (χ0n) is 16.0. The first kappa shape index (κ1) is 18.1. The third-order valence-electron chi connectivity index (χ3n) is 7.01. The van der Waals surface area contributed by atoms with Crippen LogP contribution in [0.5, 0.6) is 5.75 Å². The summed E-state index contributed by atoms with van der Waals surface area (Å²) in [6, 6.07) is 15.7. The molecule has 2 aromatic carbocycles. The van der Waals surface area contributed by atoms with Crippen LogP contribution in [0.3, 0.4) is 0 Å². The molecule has 0 aliphatic heterocycles. The van der Waals surface area contributed by atoms with Crippen molar-refractivity contribution in [3.05, 3.63) is 59.1 Å². The molecule has 0 atom stereocenters. The van der Waals surface area contributed by atoms with Gasteiger partial charge in [-0.05, 0) is 91.5 Å². The fraction of sp³-hybridized carbons (Fsp3) is 0.458. The van der Waals surface area contributed by atoms with Gasteiger partial charge < -0.3 is 10.1 Å². The third kappa shape index (κ3) is 3.41. The molecule has 6 rings (SSSR count). The Kier molecular flexibility index (Phi) is 4.59. The standard InChI is InChI=1S/C24H26ClNO2/c25-21-3-1-2-4-22(21)28-15-23(27)26-20-7-5-19(6-8-20)24-12-16-9-17(13-24)11-18(10-16)14-24/h1-8,16-18H,9-15H2,(H,26,27). The minimum atomic E-state index is -0.178. The largest absolute Gasteiger partial charge is 0.482 e. The van der Waals surface area contributed by atoms with Gasteiger partial charge in [0, 0.05) is 5.69 Å². The summed E-state index contributed by atoms with van der Waals surface area (Å²) in [5, 5.41) is 3.44. The number of carbonyl (C=O) groups is 1. The first-order valence-corrected chi connectivity index (χ1v) is 10.8. The summed E-state index contributed by atoms with van der Waals surface area (Å²) in [6.07, 6.45) is 8.44. The van der Waals surface area contributed by atoms with Gasteiger partial charge in [0.2, 0.25) is 0 Å². The number of nitrogens with one attached hydrogen (secondary N) is 1. The number of ether oxygens (including phenoxy) is 1. The van der Waals surface area contributed by atoms with Crippen LogP contribution in [-0.2, 0) is 10.2 Å². The van der Waals surface area contributed by atoms with Crippen molar-refractivity contribution in [3.8, 4) is 5.75 Å². The van der Waals surface area contributed by atoms with Crippen molar-refractivity contribution in [1.82, 2.24) is 0 Å². The van der Waals surface area contributed by atoms with Gasteiger partial charge in [0.05, 0.1) is 5.02 Å². The van der Waals surface area contributed by atoms with Crippen molar-refractivity contribution in [2.45, 2.75) is 43.9 Å². The van der Waals surface area contributed by atoms with E-state index in [0.717, 1.165) is 23.4 Å². The van der Waals surface area contributed by atoms with Crippen LogP contribution < -0.4 is 10.1 Å². The molecular formula is C24H26ClNO2. The molecule has 0 heterocycles. The number of para-hydroxylation sites is 1. The van der Waals surface area contributed by atoms with Crippen molar-refractivity contribution < 1.29 is 9.53 Å². The molecule has 0 saturated heterocycles. The molecule has 0 spiro atoms. The molecular weight excluding hydrogens is 370 g/mol. The second-order valence-electron chi connectivity index (χ2n) is 9.04. The molecule has 1 amide bonds. The Morgan fingerprint density at radius 3 is 2.18 bits per heavy atom. The molecule has 0 unspecified atom stereocenters. The summed E-state index contributed by atoms with van der Waals surface area (Å²) in [5.41, 5.74) is 2.68. The highest BCUT2D eigenvalue weighted by Gasteiger charge is 2.51. The topological polar surface area (TPSA) is 38.3 Å². The molecule has 1 N–H and O–H groups in total. The monoisotopic (exact) mass is 395 g/mol. The van der Waals surface area contributed by atoms with Gasteiger partial charge in [-0.1, -0.05) is 35.9 Å². The van der Waals surface area contributed by atoms with E-state index < -0.39 is 0 Å². The number of halogens is 1. The molecule has 0 radical (unpaired) electrons.